The third-order valence-electron chi connectivity index (χ3n) is 8.61. The number of benzene rings is 2. The SMILES string of the molecule is CCC[Si](c1ccccc1)(c1cc(CC)cc(CC)c1)C1(C)C(C)=C(C)C(C)=[C]1[Ti]([CH3])([CH3])[CH3]. The molecule has 2 aromatic carbocycles. The Balaban J connectivity index is 2.56. The number of rotatable bonds is 8. The predicted octanol–water partition coefficient (Wildman–Crippen LogP) is 8.47. The van der Waals surface area contributed by atoms with Crippen LogP contribution < -0.4 is 10.4 Å². The van der Waals surface area contributed by atoms with Gasteiger partial charge in [-0.25, -0.2) is 0 Å². The van der Waals surface area contributed by atoms with Crippen LogP contribution >= 0.6 is 0 Å². The molecule has 0 aliphatic heterocycles. The van der Waals surface area contributed by atoms with Gasteiger partial charge in [0.15, 0.2) is 0 Å². The van der Waals surface area contributed by atoms with E-state index in [-0.39, 0.29) is 5.04 Å². The van der Waals surface area contributed by atoms with Gasteiger partial charge < -0.3 is 0 Å². The van der Waals surface area contributed by atoms with Crippen molar-refractivity contribution in [2.45, 2.75) is 94.5 Å². The van der Waals surface area contributed by atoms with E-state index in [9.17, 15) is 0 Å². The molecule has 0 saturated heterocycles. The van der Waals surface area contributed by atoms with Crippen molar-refractivity contribution in [1.29, 1.82) is 0 Å². The average Bonchev–Trinajstić information content (AvgIpc) is 2.98. The second-order valence-electron chi connectivity index (χ2n) is 11.4. The van der Waals surface area contributed by atoms with E-state index in [4.69, 9.17) is 0 Å². The fourth-order valence-corrected chi connectivity index (χ4v) is 20.7. The fourth-order valence-electron chi connectivity index (χ4n) is 7.05. The summed E-state index contributed by atoms with van der Waals surface area (Å²) in [5.41, 5.74) is 7.85. The maximum absolute atomic E-state index is 2.67. The Morgan fingerprint density at radius 2 is 1.30 bits per heavy atom. The first kappa shape index (κ1) is 26.5. The second kappa shape index (κ2) is 9.84. The molecule has 3 rings (SSSR count). The molecule has 2 atom stereocenters. The molecule has 0 bridgehead atoms. The van der Waals surface area contributed by atoms with E-state index in [1.54, 1.807) is 27.1 Å². The summed E-state index contributed by atoms with van der Waals surface area (Å²) in [7, 11) is -2.22. The van der Waals surface area contributed by atoms with Gasteiger partial charge in [0.25, 0.3) is 0 Å². The summed E-state index contributed by atoms with van der Waals surface area (Å²) in [5.74, 6) is 0. The molecule has 2 aromatic rings. The summed E-state index contributed by atoms with van der Waals surface area (Å²) in [6.07, 6.45) is 3.44. The first-order valence-corrected chi connectivity index (χ1v) is 20.7. The molecule has 0 nitrogen and oxygen atoms in total. The van der Waals surface area contributed by atoms with E-state index < -0.39 is 24.7 Å². The van der Waals surface area contributed by atoms with Gasteiger partial charge >= 0.3 is 210 Å². The van der Waals surface area contributed by atoms with Gasteiger partial charge in [0, 0.05) is 0 Å². The van der Waals surface area contributed by atoms with Crippen LogP contribution in [0.25, 0.3) is 0 Å². The van der Waals surface area contributed by atoms with Crippen molar-refractivity contribution in [3.05, 3.63) is 80.3 Å². The van der Waals surface area contributed by atoms with E-state index in [2.05, 4.69) is 113 Å². The van der Waals surface area contributed by atoms with Crippen LogP contribution in [-0.2, 0) is 29.4 Å². The van der Waals surface area contributed by atoms with Crippen LogP contribution in [0.1, 0.15) is 66.0 Å². The van der Waals surface area contributed by atoms with Crippen LogP contribution in [0.4, 0.5) is 0 Å². The van der Waals surface area contributed by atoms with E-state index in [0.717, 1.165) is 12.8 Å². The van der Waals surface area contributed by atoms with Crippen LogP contribution in [0.2, 0.25) is 26.8 Å². The third-order valence-corrected chi connectivity index (χ3v) is 18.9. The van der Waals surface area contributed by atoms with Crippen molar-refractivity contribution in [2.75, 3.05) is 0 Å². The first-order valence-electron chi connectivity index (χ1n) is 13.1. The molecule has 0 amide bonds. The molecule has 178 valence electrons. The number of hydrogen-bond donors (Lipinski definition) is 0. The topological polar surface area (TPSA) is 0 Å². The fraction of sp³-hybridized carbons (Fsp3) is 0.484. The molecule has 0 spiro atoms. The van der Waals surface area contributed by atoms with Gasteiger partial charge in [-0.2, -0.15) is 0 Å². The summed E-state index contributed by atoms with van der Waals surface area (Å²) < 4.78 is 1.86. The average molecular weight is 495 g/mol. The Bertz CT molecular complexity index is 1050. The van der Waals surface area contributed by atoms with Gasteiger partial charge in [0.05, 0.1) is 0 Å². The van der Waals surface area contributed by atoms with E-state index in [1.165, 1.54) is 23.6 Å². The van der Waals surface area contributed by atoms with Crippen LogP contribution in [0.5, 0.6) is 0 Å². The zero-order valence-electron chi connectivity index (χ0n) is 22.9. The molecule has 33 heavy (non-hydrogen) atoms. The van der Waals surface area contributed by atoms with Gasteiger partial charge in [0.1, 0.15) is 0 Å². The summed E-state index contributed by atoms with van der Waals surface area (Å²) in [4.78, 5) is 0. The Kier molecular flexibility index (Phi) is 7.89. The molecule has 0 N–H and O–H groups in total. The normalized spacial score (nSPS) is 21.0. The molecule has 0 fully saturated rings. The van der Waals surface area contributed by atoms with Crippen LogP contribution in [0.15, 0.2) is 69.1 Å². The van der Waals surface area contributed by atoms with Gasteiger partial charge in [0.2, 0.25) is 0 Å². The van der Waals surface area contributed by atoms with Gasteiger partial charge in [-0.05, 0) is 0 Å². The summed E-state index contributed by atoms with van der Waals surface area (Å²) >= 11 is -2.18. The predicted molar refractivity (Wildman–Crippen MR) is 149 cm³/mol. The monoisotopic (exact) mass is 494 g/mol. The molecule has 2 unspecified atom stereocenters. The summed E-state index contributed by atoms with van der Waals surface area (Å²) in [5, 5.41) is 11.3. The van der Waals surface area contributed by atoms with Crippen LogP contribution in [0.3, 0.4) is 0 Å². The number of aryl methyl sites for hydroxylation is 2. The van der Waals surface area contributed by atoms with Crippen molar-refractivity contribution in [3.63, 3.8) is 0 Å². The molecule has 0 saturated carbocycles. The number of allylic oxidation sites excluding steroid dienone is 4. The van der Waals surface area contributed by atoms with Gasteiger partial charge in [-0.15, -0.1) is 0 Å². The summed E-state index contributed by atoms with van der Waals surface area (Å²) in [6, 6.07) is 20.7. The first-order chi connectivity index (χ1) is 15.5. The van der Waals surface area contributed by atoms with Crippen molar-refractivity contribution < 1.29 is 16.6 Å². The minimum atomic E-state index is -2.22. The Labute approximate surface area is 209 Å². The molecule has 0 aromatic heterocycles. The van der Waals surface area contributed by atoms with Crippen LogP contribution in [0, 0.1) is 0 Å². The zero-order valence-corrected chi connectivity index (χ0v) is 25.5. The molecule has 1 aliphatic carbocycles. The van der Waals surface area contributed by atoms with E-state index in [1.807, 2.05) is 3.88 Å². The molecule has 0 radical (unpaired) electrons. The summed E-state index contributed by atoms with van der Waals surface area (Å²) in [6.45, 7) is 17.0. The maximum atomic E-state index is 2.67. The number of hydrogen-bond acceptors (Lipinski definition) is 0. The molecular weight excluding hydrogens is 448 g/mol. The Morgan fingerprint density at radius 3 is 1.76 bits per heavy atom. The van der Waals surface area contributed by atoms with Crippen molar-refractivity contribution in [1.82, 2.24) is 0 Å². The van der Waals surface area contributed by atoms with Crippen molar-refractivity contribution in [2.24, 2.45) is 0 Å². The van der Waals surface area contributed by atoms with Crippen LogP contribution in [-0.4, -0.2) is 8.07 Å². The van der Waals surface area contributed by atoms with Crippen molar-refractivity contribution in [3.8, 4) is 0 Å². The van der Waals surface area contributed by atoms with E-state index in [0.29, 0.717) is 0 Å². The molecular formula is C31H46SiTi. The Hall–Kier alpha value is -1.15. The minimum absolute atomic E-state index is 0.133. The zero-order chi connectivity index (χ0) is 24.6. The second-order valence-corrected chi connectivity index (χ2v) is 23.7. The quantitative estimate of drug-likeness (QED) is 0.323. The van der Waals surface area contributed by atoms with Crippen molar-refractivity contribution >= 4 is 18.4 Å². The van der Waals surface area contributed by atoms with Gasteiger partial charge in [-0.1, -0.05) is 0 Å². The third kappa shape index (κ3) is 4.24. The molecule has 0 heterocycles. The Morgan fingerprint density at radius 1 is 0.758 bits per heavy atom. The molecule has 2 heteroatoms. The van der Waals surface area contributed by atoms with E-state index >= 15 is 0 Å². The molecule has 1 aliphatic rings. The van der Waals surface area contributed by atoms with Gasteiger partial charge in [-0.3, -0.25) is 0 Å². The standard InChI is InChI=1S/C28H37Si.3CH3.Ti/c1-8-16-29(26-14-12-11-13-15-26,28(7)20-21(4)22(5)23(28)6)27-18-24(9-2)17-25(10-3)19-27;;;;/h11-15,17-19H,8-10,16H2,1-7H3;3*1H3;.